The number of ether oxygens (including phenoxy) is 1. The molecule has 0 bridgehead atoms. The average molecular weight is 387 g/mol. The van der Waals surface area contributed by atoms with Gasteiger partial charge in [-0.25, -0.2) is 4.98 Å². The number of halogens is 1. The number of nitrogens with one attached hydrogen (secondary N) is 1. The van der Waals surface area contributed by atoms with Crippen molar-refractivity contribution in [1.29, 1.82) is 0 Å². The van der Waals surface area contributed by atoms with Gasteiger partial charge in [0.2, 0.25) is 5.91 Å². The van der Waals surface area contributed by atoms with E-state index in [2.05, 4.69) is 15.2 Å². The molecule has 1 saturated carbocycles. The largest absolute Gasteiger partial charge is 0.378 e. The first kappa shape index (κ1) is 19.0. The first-order chi connectivity index (χ1) is 11.8. The molecule has 25 heavy (non-hydrogen) atoms. The fourth-order valence-electron chi connectivity index (χ4n) is 4.17. The number of carbonyl (C=O) groups excluding carboxylic acids is 1. The summed E-state index contributed by atoms with van der Waals surface area (Å²) in [5.41, 5.74) is 0.438. The van der Waals surface area contributed by atoms with Gasteiger partial charge < -0.3 is 15.0 Å². The van der Waals surface area contributed by atoms with Gasteiger partial charge in [-0.15, -0.1) is 23.7 Å². The topological polar surface area (TPSA) is 57.7 Å². The summed E-state index contributed by atoms with van der Waals surface area (Å²) in [7, 11) is 0. The fourth-order valence-corrected chi connectivity index (χ4v) is 4.81. The quantitative estimate of drug-likeness (QED) is 0.828. The molecule has 1 N–H and O–H groups in total. The number of morpholine rings is 1. The Hall–Kier alpha value is -0.730. The molecule has 140 valence electrons. The van der Waals surface area contributed by atoms with Gasteiger partial charge in [0.1, 0.15) is 5.01 Å². The minimum atomic E-state index is 0. The summed E-state index contributed by atoms with van der Waals surface area (Å²) >= 11 is 1.68. The maximum atomic E-state index is 12.7. The third kappa shape index (κ3) is 4.34. The lowest BCUT2D eigenvalue weighted by Gasteiger charge is -2.32. The summed E-state index contributed by atoms with van der Waals surface area (Å²) in [6, 6.07) is 0.536. The van der Waals surface area contributed by atoms with E-state index in [-0.39, 0.29) is 18.3 Å². The van der Waals surface area contributed by atoms with Crippen molar-refractivity contribution in [2.24, 2.45) is 5.41 Å². The number of aromatic nitrogens is 1. The van der Waals surface area contributed by atoms with Gasteiger partial charge >= 0.3 is 0 Å². The molecule has 8 heteroatoms. The van der Waals surface area contributed by atoms with Crippen molar-refractivity contribution < 1.29 is 9.53 Å². The standard InChI is InChI=1S/C17H26N4O2S.ClH/c22-16(20-6-8-23-9-7-20)13-21(12-15-19-5-10-24-15)14-11-17(14)1-3-18-4-2-17;/h5,10,14,18H,1-4,6-9,11-13H2;1H. The molecule has 1 spiro atoms. The highest BCUT2D eigenvalue weighted by Gasteiger charge is 2.56. The molecular formula is C17H27ClN4O2S. The van der Waals surface area contributed by atoms with Crippen LogP contribution in [0.4, 0.5) is 0 Å². The van der Waals surface area contributed by atoms with E-state index < -0.39 is 0 Å². The summed E-state index contributed by atoms with van der Waals surface area (Å²) in [6.07, 6.45) is 5.56. The van der Waals surface area contributed by atoms with Crippen LogP contribution in [0, 0.1) is 5.41 Å². The van der Waals surface area contributed by atoms with Gasteiger partial charge in [-0.05, 0) is 37.8 Å². The monoisotopic (exact) mass is 386 g/mol. The Labute approximate surface area is 159 Å². The van der Waals surface area contributed by atoms with Crippen LogP contribution in [-0.2, 0) is 16.1 Å². The van der Waals surface area contributed by atoms with Gasteiger partial charge in [0.25, 0.3) is 0 Å². The number of thiazole rings is 1. The van der Waals surface area contributed by atoms with Crippen LogP contribution in [0.25, 0.3) is 0 Å². The molecule has 2 aliphatic heterocycles. The lowest BCUT2D eigenvalue weighted by Crippen LogP contribution is -2.47. The van der Waals surface area contributed by atoms with Gasteiger partial charge in [0.05, 0.1) is 26.3 Å². The number of piperidine rings is 1. The van der Waals surface area contributed by atoms with E-state index in [1.807, 2.05) is 16.5 Å². The molecule has 1 amide bonds. The normalized spacial score (nSPS) is 25.0. The second kappa shape index (κ2) is 8.31. The molecule has 3 heterocycles. The van der Waals surface area contributed by atoms with E-state index >= 15 is 0 Å². The Morgan fingerprint density at radius 3 is 2.84 bits per heavy atom. The molecule has 1 aromatic heterocycles. The SMILES string of the molecule is Cl.O=C(CN(Cc1nccs1)C1CC12CCNCC2)N1CCOCC1. The maximum Gasteiger partial charge on any atom is 0.236 e. The summed E-state index contributed by atoms with van der Waals surface area (Å²) in [5, 5.41) is 6.59. The van der Waals surface area contributed by atoms with Crippen LogP contribution < -0.4 is 5.32 Å². The Bertz CT molecular complexity index is 559. The highest BCUT2D eigenvalue weighted by molar-refractivity contribution is 7.09. The average Bonchev–Trinajstić information content (AvgIpc) is 3.06. The van der Waals surface area contributed by atoms with E-state index in [4.69, 9.17) is 4.74 Å². The van der Waals surface area contributed by atoms with E-state index in [1.54, 1.807) is 11.3 Å². The van der Waals surface area contributed by atoms with Crippen LogP contribution >= 0.6 is 23.7 Å². The van der Waals surface area contributed by atoms with E-state index in [1.165, 1.54) is 19.3 Å². The Kier molecular flexibility index (Phi) is 6.33. The third-order valence-electron chi connectivity index (χ3n) is 5.71. The maximum absolute atomic E-state index is 12.7. The van der Waals surface area contributed by atoms with Crippen molar-refractivity contribution in [3.05, 3.63) is 16.6 Å². The van der Waals surface area contributed by atoms with Crippen molar-refractivity contribution in [1.82, 2.24) is 20.1 Å². The molecule has 1 atom stereocenters. The highest BCUT2D eigenvalue weighted by Crippen LogP contribution is 2.56. The number of nitrogens with zero attached hydrogens (tertiary/aromatic N) is 3. The fraction of sp³-hybridized carbons (Fsp3) is 0.765. The molecule has 1 aliphatic carbocycles. The molecule has 1 unspecified atom stereocenters. The second-order valence-corrected chi connectivity index (χ2v) is 8.14. The Morgan fingerprint density at radius 2 is 2.16 bits per heavy atom. The molecule has 0 radical (unpaired) electrons. The van der Waals surface area contributed by atoms with Crippen molar-refractivity contribution in [3.63, 3.8) is 0 Å². The number of hydrogen-bond acceptors (Lipinski definition) is 6. The summed E-state index contributed by atoms with van der Waals surface area (Å²) < 4.78 is 5.37. The first-order valence-corrected chi connectivity index (χ1v) is 9.83. The van der Waals surface area contributed by atoms with Gasteiger partial charge in [-0.3, -0.25) is 9.69 Å². The zero-order valence-corrected chi connectivity index (χ0v) is 16.1. The van der Waals surface area contributed by atoms with Gasteiger partial charge in [-0.2, -0.15) is 0 Å². The van der Waals surface area contributed by atoms with Crippen LogP contribution in [0.5, 0.6) is 0 Å². The van der Waals surface area contributed by atoms with Crippen molar-refractivity contribution in [3.8, 4) is 0 Å². The number of rotatable bonds is 5. The molecule has 3 fully saturated rings. The second-order valence-electron chi connectivity index (χ2n) is 7.16. The predicted octanol–water partition coefficient (Wildman–Crippen LogP) is 1.37. The van der Waals surface area contributed by atoms with Crippen molar-refractivity contribution in [2.45, 2.75) is 31.8 Å². The molecule has 6 nitrogen and oxygen atoms in total. The number of carbonyl (C=O) groups is 1. The lowest BCUT2D eigenvalue weighted by atomic mass is 9.93. The molecule has 4 rings (SSSR count). The molecular weight excluding hydrogens is 360 g/mol. The van der Waals surface area contributed by atoms with Crippen molar-refractivity contribution >= 4 is 29.7 Å². The van der Waals surface area contributed by atoms with Crippen LogP contribution in [0.3, 0.4) is 0 Å². The highest BCUT2D eigenvalue weighted by atomic mass is 35.5. The van der Waals surface area contributed by atoms with Crippen LogP contribution in [0.15, 0.2) is 11.6 Å². The molecule has 2 saturated heterocycles. The first-order valence-electron chi connectivity index (χ1n) is 8.95. The van der Waals surface area contributed by atoms with E-state index in [0.717, 1.165) is 37.7 Å². The van der Waals surface area contributed by atoms with Crippen LogP contribution in [0.1, 0.15) is 24.3 Å². The predicted molar refractivity (Wildman–Crippen MR) is 100 cm³/mol. The van der Waals surface area contributed by atoms with Crippen LogP contribution in [-0.4, -0.2) is 72.7 Å². The zero-order chi connectivity index (χ0) is 16.4. The molecule has 0 aromatic carbocycles. The summed E-state index contributed by atoms with van der Waals surface area (Å²) in [6.45, 7) is 6.31. The number of hydrogen-bond donors (Lipinski definition) is 1. The Morgan fingerprint density at radius 1 is 1.40 bits per heavy atom. The van der Waals surface area contributed by atoms with E-state index in [0.29, 0.717) is 31.2 Å². The van der Waals surface area contributed by atoms with Gasteiger partial charge in [-0.1, -0.05) is 0 Å². The minimum absolute atomic E-state index is 0. The third-order valence-corrected chi connectivity index (χ3v) is 6.48. The summed E-state index contributed by atoms with van der Waals surface area (Å²) in [4.78, 5) is 21.5. The lowest BCUT2D eigenvalue weighted by molar-refractivity contribution is -0.136. The smallest absolute Gasteiger partial charge is 0.236 e. The van der Waals surface area contributed by atoms with Gasteiger partial charge in [0.15, 0.2) is 0 Å². The summed E-state index contributed by atoms with van der Waals surface area (Å²) in [5.74, 6) is 0.242. The molecule has 1 aromatic rings. The van der Waals surface area contributed by atoms with Gasteiger partial charge in [0, 0.05) is 30.7 Å². The molecule has 3 aliphatic rings. The zero-order valence-electron chi connectivity index (χ0n) is 14.5. The van der Waals surface area contributed by atoms with Crippen LogP contribution in [0.2, 0.25) is 0 Å². The Balaban J connectivity index is 0.00000182. The minimum Gasteiger partial charge on any atom is -0.378 e. The van der Waals surface area contributed by atoms with E-state index in [9.17, 15) is 4.79 Å². The van der Waals surface area contributed by atoms with Crippen molar-refractivity contribution in [2.75, 3.05) is 45.9 Å². The number of amides is 1.